The molecule has 0 aliphatic carbocycles. The lowest BCUT2D eigenvalue weighted by atomic mass is 9.85. The topological polar surface area (TPSA) is 60.7 Å². The van der Waals surface area contributed by atoms with Gasteiger partial charge in [0.15, 0.2) is 0 Å². The Hall–Kier alpha value is -0.120. The van der Waals surface area contributed by atoms with Gasteiger partial charge in [-0.25, -0.2) is 0 Å². The van der Waals surface area contributed by atoms with Crippen LogP contribution in [0.5, 0.6) is 0 Å². The fraction of sp³-hybridized carbons (Fsp3) is 1.00. The first-order chi connectivity index (χ1) is 11.6. The summed E-state index contributed by atoms with van der Waals surface area (Å²) in [6.45, 7) is 4.10. The molecule has 24 heavy (non-hydrogen) atoms. The van der Waals surface area contributed by atoms with E-state index >= 15 is 0 Å². The average molecular weight is 345 g/mol. The van der Waals surface area contributed by atoms with Crippen molar-refractivity contribution in [3.05, 3.63) is 0 Å². The molecule has 0 aromatic rings. The van der Waals surface area contributed by atoms with Crippen LogP contribution in [0.15, 0.2) is 0 Å². The molecule has 0 spiro atoms. The van der Waals surface area contributed by atoms with Crippen LogP contribution in [0.25, 0.3) is 0 Å². The van der Waals surface area contributed by atoms with E-state index in [0.29, 0.717) is 12.8 Å². The molecule has 3 heteroatoms. The Bertz CT molecular complexity index is 237. The van der Waals surface area contributed by atoms with Gasteiger partial charge in [0.1, 0.15) is 6.10 Å². The summed E-state index contributed by atoms with van der Waals surface area (Å²) >= 11 is 0. The lowest BCUT2D eigenvalue weighted by molar-refractivity contribution is -0.106. The van der Waals surface area contributed by atoms with Gasteiger partial charge in [-0.2, -0.15) is 0 Å². The summed E-state index contributed by atoms with van der Waals surface area (Å²) in [5, 5.41) is 30.0. The van der Waals surface area contributed by atoms with Crippen molar-refractivity contribution in [2.75, 3.05) is 6.61 Å². The number of hydrogen-bond acceptors (Lipinski definition) is 3. The maximum absolute atomic E-state index is 10.8. The second kappa shape index (κ2) is 16.4. The normalized spacial score (nSPS) is 13.4. The summed E-state index contributed by atoms with van der Waals surface area (Å²) in [6.07, 6.45) is 17.0. The van der Waals surface area contributed by atoms with E-state index in [9.17, 15) is 15.3 Å². The summed E-state index contributed by atoms with van der Waals surface area (Å²) < 4.78 is 0. The molecule has 3 N–H and O–H groups in total. The smallest absolute Gasteiger partial charge is 0.106 e. The number of aliphatic hydroxyl groups is 3. The lowest BCUT2D eigenvalue weighted by Gasteiger charge is -2.32. The van der Waals surface area contributed by atoms with Crippen LogP contribution in [-0.2, 0) is 0 Å². The van der Waals surface area contributed by atoms with E-state index in [4.69, 9.17) is 0 Å². The van der Waals surface area contributed by atoms with Gasteiger partial charge in [-0.15, -0.1) is 0 Å². The largest absolute Gasteiger partial charge is 0.394 e. The molecule has 0 bridgehead atoms. The maximum atomic E-state index is 10.8. The third-order valence-electron chi connectivity index (χ3n) is 5.22. The van der Waals surface area contributed by atoms with Crippen molar-refractivity contribution in [2.45, 2.75) is 128 Å². The molecule has 0 radical (unpaired) electrons. The van der Waals surface area contributed by atoms with E-state index < -0.39 is 11.7 Å². The van der Waals surface area contributed by atoms with Crippen LogP contribution in [0, 0.1) is 0 Å². The number of rotatable bonds is 18. The van der Waals surface area contributed by atoms with Crippen molar-refractivity contribution in [1.82, 2.24) is 0 Å². The Morgan fingerprint density at radius 2 is 0.958 bits per heavy atom. The van der Waals surface area contributed by atoms with Crippen LogP contribution < -0.4 is 0 Å². The summed E-state index contributed by atoms with van der Waals surface area (Å²) in [5.41, 5.74) is -1.10. The van der Waals surface area contributed by atoms with E-state index in [1.807, 2.05) is 0 Å². The molecule has 146 valence electrons. The van der Waals surface area contributed by atoms with Crippen LogP contribution >= 0.6 is 0 Å². The SMILES string of the molecule is CCCCCCCCCC(O)(CCCCCCCCC)C(O)CO. The van der Waals surface area contributed by atoms with Gasteiger partial charge >= 0.3 is 0 Å². The molecule has 0 amide bonds. The highest BCUT2D eigenvalue weighted by atomic mass is 16.4. The van der Waals surface area contributed by atoms with Gasteiger partial charge in [0.25, 0.3) is 0 Å². The van der Waals surface area contributed by atoms with Crippen molar-refractivity contribution in [3.63, 3.8) is 0 Å². The van der Waals surface area contributed by atoms with E-state index in [1.54, 1.807) is 0 Å². The van der Waals surface area contributed by atoms with Gasteiger partial charge < -0.3 is 15.3 Å². The Kier molecular flexibility index (Phi) is 16.3. The van der Waals surface area contributed by atoms with Gasteiger partial charge in [0.05, 0.1) is 12.2 Å². The van der Waals surface area contributed by atoms with Crippen molar-refractivity contribution in [1.29, 1.82) is 0 Å². The minimum absolute atomic E-state index is 0.344. The zero-order chi connectivity index (χ0) is 18.1. The van der Waals surface area contributed by atoms with Crippen LogP contribution in [-0.4, -0.2) is 33.6 Å². The van der Waals surface area contributed by atoms with E-state index in [-0.39, 0.29) is 6.61 Å². The van der Waals surface area contributed by atoms with E-state index in [1.165, 1.54) is 64.2 Å². The molecule has 0 saturated carbocycles. The minimum Gasteiger partial charge on any atom is -0.394 e. The average Bonchev–Trinajstić information content (AvgIpc) is 2.59. The Morgan fingerprint density at radius 3 is 1.29 bits per heavy atom. The molecule has 0 heterocycles. The predicted octanol–water partition coefficient (Wildman–Crippen LogP) is 5.35. The molecule has 0 saturated heterocycles. The summed E-state index contributed by atoms with van der Waals surface area (Å²) in [4.78, 5) is 0. The molecule has 3 nitrogen and oxygen atoms in total. The van der Waals surface area contributed by atoms with E-state index in [2.05, 4.69) is 13.8 Å². The molecular weight excluding hydrogens is 300 g/mol. The molecule has 0 rings (SSSR count). The molecule has 0 fully saturated rings. The molecule has 1 atom stereocenters. The maximum Gasteiger partial charge on any atom is 0.106 e. The van der Waals surface area contributed by atoms with Gasteiger partial charge in [-0.3, -0.25) is 0 Å². The first-order valence-electron chi connectivity index (χ1n) is 10.6. The van der Waals surface area contributed by atoms with Crippen molar-refractivity contribution in [3.8, 4) is 0 Å². The quantitative estimate of drug-likeness (QED) is 0.294. The summed E-state index contributed by atoms with van der Waals surface area (Å²) in [7, 11) is 0. The van der Waals surface area contributed by atoms with Crippen LogP contribution in [0.1, 0.15) is 117 Å². The van der Waals surface area contributed by atoms with Crippen molar-refractivity contribution >= 4 is 0 Å². The molecule has 0 aromatic heterocycles. The van der Waals surface area contributed by atoms with Gasteiger partial charge in [-0.05, 0) is 12.8 Å². The zero-order valence-electron chi connectivity index (χ0n) is 16.4. The molecule has 0 aliphatic rings. The Balaban J connectivity index is 3.91. The summed E-state index contributed by atoms with van der Waals surface area (Å²) in [6, 6.07) is 0. The highest BCUT2D eigenvalue weighted by molar-refractivity contribution is 4.86. The second-order valence-electron chi connectivity index (χ2n) is 7.54. The zero-order valence-corrected chi connectivity index (χ0v) is 16.4. The third-order valence-corrected chi connectivity index (χ3v) is 5.22. The predicted molar refractivity (Wildman–Crippen MR) is 103 cm³/mol. The first-order valence-corrected chi connectivity index (χ1v) is 10.6. The molecule has 1 unspecified atom stereocenters. The van der Waals surface area contributed by atoms with E-state index in [0.717, 1.165) is 25.7 Å². The fourth-order valence-corrected chi connectivity index (χ4v) is 3.40. The van der Waals surface area contributed by atoms with Crippen molar-refractivity contribution < 1.29 is 15.3 Å². The standard InChI is InChI=1S/C21H44O3/c1-3-5-7-9-11-13-15-17-21(24,20(23)19-22)18-16-14-12-10-8-6-4-2/h20,22-24H,3-19H2,1-2H3. The number of hydrogen-bond donors (Lipinski definition) is 3. The van der Waals surface area contributed by atoms with Gasteiger partial charge in [0, 0.05) is 0 Å². The van der Waals surface area contributed by atoms with Crippen LogP contribution in [0.4, 0.5) is 0 Å². The minimum atomic E-state index is -1.10. The van der Waals surface area contributed by atoms with Crippen LogP contribution in [0.3, 0.4) is 0 Å². The second-order valence-corrected chi connectivity index (χ2v) is 7.54. The monoisotopic (exact) mass is 344 g/mol. The molecular formula is C21H44O3. The highest BCUT2D eigenvalue weighted by Crippen LogP contribution is 2.27. The van der Waals surface area contributed by atoms with Crippen LogP contribution in [0.2, 0.25) is 0 Å². The molecule has 0 aliphatic heterocycles. The fourth-order valence-electron chi connectivity index (χ4n) is 3.40. The Labute approximate surface area is 150 Å². The molecule has 0 aromatic carbocycles. The summed E-state index contributed by atoms with van der Waals surface area (Å²) in [5.74, 6) is 0. The lowest BCUT2D eigenvalue weighted by Crippen LogP contribution is -2.44. The number of unbranched alkanes of at least 4 members (excludes halogenated alkanes) is 12. The highest BCUT2D eigenvalue weighted by Gasteiger charge is 2.33. The van der Waals surface area contributed by atoms with Gasteiger partial charge in [0.2, 0.25) is 0 Å². The Morgan fingerprint density at radius 1 is 0.625 bits per heavy atom. The number of aliphatic hydroxyl groups excluding tert-OH is 2. The van der Waals surface area contributed by atoms with Crippen molar-refractivity contribution in [2.24, 2.45) is 0 Å². The van der Waals surface area contributed by atoms with Gasteiger partial charge in [-0.1, -0.05) is 104 Å². The first kappa shape index (κ1) is 23.9. The third kappa shape index (κ3) is 12.3.